The molecular formula is C16H17ClN2O. The number of carbonyl (C=O) groups is 1. The van der Waals surface area contributed by atoms with Crippen LogP contribution in [0.4, 0.5) is 11.4 Å². The largest absolute Gasteiger partial charge is 0.398 e. The molecule has 2 aromatic rings. The van der Waals surface area contributed by atoms with Crippen molar-refractivity contribution in [2.24, 2.45) is 0 Å². The zero-order valence-electron chi connectivity index (χ0n) is 11.6. The topological polar surface area (TPSA) is 46.3 Å². The fourth-order valence-electron chi connectivity index (χ4n) is 2.12. The molecule has 0 aliphatic carbocycles. The summed E-state index contributed by atoms with van der Waals surface area (Å²) in [6, 6.07) is 12.8. The second-order valence-corrected chi connectivity index (χ2v) is 4.98. The van der Waals surface area contributed by atoms with Gasteiger partial charge in [-0.05, 0) is 43.7 Å². The molecule has 3 nitrogen and oxygen atoms in total. The third-order valence-corrected chi connectivity index (χ3v) is 3.55. The molecule has 1 amide bonds. The minimum Gasteiger partial charge on any atom is -0.398 e. The van der Waals surface area contributed by atoms with E-state index in [2.05, 4.69) is 0 Å². The van der Waals surface area contributed by atoms with Gasteiger partial charge in [-0.15, -0.1) is 0 Å². The molecule has 0 spiro atoms. The fourth-order valence-corrected chi connectivity index (χ4v) is 2.24. The maximum atomic E-state index is 12.6. The van der Waals surface area contributed by atoms with E-state index < -0.39 is 0 Å². The third kappa shape index (κ3) is 2.78. The Balaban J connectivity index is 2.39. The van der Waals surface area contributed by atoms with E-state index in [1.54, 1.807) is 23.1 Å². The van der Waals surface area contributed by atoms with Gasteiger partial charge in [-0.3, -0.25) is 4.79 Å². The van der Waals surface area contributed by atoms with Crippen LogP contribution in [-0.2, 0) is 0 Å². The summed E-state index contributed by atoms with van der Waals surface area (Å²) in [5, 5.41) is 0.459. The minimum absolute atomic E-state index is 0.0785. The second-order valence-electron chi connectivity index (χ2n) is 4.57. The van der Waals surface area contributed by atoms with E-state index >= 15 is 0 Å². The molecule has 0 bridgehead atoms. The Hall–Kier alpha value is -2.00. The highest BCUT2D eigenvalue weighted by Crippen LogP contribution is 2.24. The van der Waals surface area contributed by atoms with Crippen LogP contribution < -0.4 is 10.6 Å². The van der Waals surface area contributed by atoms with Crippen molar-refractivity contribution in [1.82, 2.24) is 0 Å². The number of para-hydroxylation sites is 1. The molecule has 4 heteroatoms. The first-order valence-electron chi connectivity index (χ1n) is 6.47. The van der Waals surface area contributed by atoms with Gasteiger partial charge < -0.3 is 10.6 Å². The van der Waals surface area contributed by atoms with Crippen LogP contribution in [-0.4, -0.2) is 12.5 Å². The lowest BCUT2D eigenvalue weighted by Gasteiger charge is -2.23. The van der Waals surface area contributed by atoms with Gasteiger partial charge in [0.2, 0.25) is 0 Å². The molecule has 20 heavy (non-hydrogen) atoms. The molecule has 2 rings (SSSR count). The van der Waals surface area contributed by atoms with Crippen LogP contribution in [0.5, 0.6) is 0 Å². The van der Waals surface area contributed by atoms with Gasteiger partial charge in [-0.1, -0.05) is 29.8 Å². The molecule has 0 heterocycles. The van der Waals surface area contributed by atoms with Crippen molar-refractivity contribution < 1.29 is 4.79 Å². The normalized spacial score (nSPS) is 10.3. The Morgan fingerprint density at radius 2 is 1.95 bits per heavy atom. The summed E-state index contributed by atoms with van der Waals surface area (Å²) in [5.41, 5.74) is 8.69. The molecule has 104 valence electrons. The Morgan fingerprint density at radius 3 is 2.55 bits per heavy atom. The number of aryl methyl sites for hydroxylation is 1. The first-order chi connectivity index (χ1) is 9.54. The summed E-state index contributed by atoms with van der Waals surface area (Å²) >= 11 is 5.89. The number of amides is 1. The van der Waals surface area contributed by atoms with Gasteiger partial charge >= 0.3 is 0 Å². The summed E-state index contributed by atoms with van der Waals surface area (Å²) in [7, 11) is 0. The lowest BCUT2D eigenvalue weighted by Crippen LogP contribution is -2.31. The van der Waals surface area contributed by atoms with Gasteiger partial charge in [0.15, 0.2) is 0 Å². The van der Waals surface area contributed by atoms with E-state index in [-0.39, 0.29) is 5.91 Å². The van der Waals surface area contributed by atoms with Crippen molar-refractivity contribution in [3.63, 3.8) is 0 Å². The van der Waals surface area contributed by atoms with Crippen LogP contribution in [0.1, 0.15) is 22.8 Å². The van der Waals surface area contributed by atoms with Gasteiger partial charge in [0.1, 0.15) is 0 Å². The van der Waals surface area contributed by atoms with Crippen LogP contribution in [0, 0.1) is 6.92 Å². The van der Waals surface area contributed by atoms with Crippen molar-refractivity contribution in [1.29, 1.82) is 0 Å². The Kier molecular flexibility index (Phi) is 4.30. The van der Waals surface area contributed by atoms with E-state index in [0.717, 1.165) is 11.3 Å². The highest BCUT2D eigenvalue weighted by Gasteiger charge is 2.18. The van der Waals surface area contributed by atoms with Crippen molar-refractivity contribution in [2.45, 2.75) is 13.8 Å². The number of nitrogens with two attached hydrogens (primary N) is 1. The van der Waals surface area contributed by atoms with Gasteiger partial charge in [0, 0.05) is 17.8 Å². The van der Waals surface area contributed by atoms with E-state index in [9.17, 15) is 4.79 Å². The molecule has 0 aliphatic heterocycles. The molecule has 2 aromatic carbocycles. The SMILES string of the molecule is CCN(C(=O)c1ccc(Cl)c(N)c1)c1ccccc1C. The van der Waals surface area contributed by atoms with Gasteiger partial charge in [-0.2, -0.15) is 0 Å². The maximum absolute atomic E-state index is 12.6. The van der Waals surface area contributed by atoms with Crippen molar-refractivity contribution in [2.75, 3.05) is 17.2 Å². The van der Waals surface area contributed by atoms with Crippen LogP contribution in [0.2, 0.25) is 5.02 Å². The molecule has 0 fully saturated rings. The Morgan fingerprint density at radius 1 is 1.25 bits per heavy atom. The number of carbonyl (C=O) groups excluding carboxylic acids is 1. The number of halogens is 1. The molecular weight excluding hydrogens is 272 g/mol. The van der Waals surface area contributed by atoms with Crippen molar-refractivity contribution >= 4 is 28.9 Å². The molecule has 0 aromatic heterocycles. The summed E-state index contributed by atoms with van der Waals surface area (Å²) in [4.78, 5) is 14.4. The number of hydrogen-bond acceptors (Lipinski definition) is 2. The lowest BCUT2D eigenvalue weighted by molar-refractivity contribution is 0.0988. The lowest BCUT2D eigenvalue weighted by atomic mass is 10.1. The monoisotopic (exact) mass is 288 g/mol. The van der Waals surface area contributed by atoms with Gasteiger partial charge in [-0.25, -0.2) is 0 Å². The fraction of sp³-hybridized carbons (Fsp3) is 0.188. The Bertz CT molecular complexity index is 640. The number of anilines is 2. The predicted molar refractivity (Wildman–Crippen MR) is 84.4 cm³/mol. The average Bonchev–Trinajstić information content (AvgIpc) is 2.44. The van der Waals surface area contributed by atoms with Crippen LogP contribution in [0.15, 0.2) is 42.5 Å². The number of hydrogen-bond donors (Lipinski definition) is 1. The summed E-state index contributed by atoms with van der Waals surface area (Å²) in [6.45, 7) is 4.53. The molecule has 2 N–H and O–H groups in total. The molecule has 0 atom stereocenters. The minimum atomic E-state index is -0.0785. The van der Waals surface area contributed by atoms with Crippen molar-refractivity contribution in [3.8, 4) is 0 Å². The number of nitrogens with zero attached hydrogens (tertiary/aromatic N) is 1. The molecule has 0 radical (unpaired) electrons. The van der Waals surface area contributed by atoms with Crippen molar-refractivity contribution in [3.05, 3.63) is 58.6 Å². The quantitative estimate of drug-likeness (QED) is 0.871. The van der Waals surface area contributed by atoms with Gasteiger partial charge in [0.25, 0.3) is 5.91 Å². The number of benzene rings is 2. The van der Waals surface area contributed by atoms with E-state index in [0.29, 0.717) is 22.8 Å². The summed E-state index contributed by atoms with van der Waals surface area (Å²) in [5.74, 6) is -0.0785. The van der Waals surface area contributed by atoms with E-state index in [1.165, 1.54) is 0 Å². The number of rotatable bonds is 3. The summed E-state index contributed by atoms with van der Waals surface area (Å²) < 4.78 is 0. The van der Waals surface area contributed by atoms with Gasteiger partial charge in [0.05, 0.1) is 10.7 Å². The van der Waals surface area contributed by atoms with Crippen LogP contribution in [0.25, 0.3) is 0 Å². The molecule has 0 aliphatic rings. The molecule has 0 saturated heterocycles. The van der Waals surface area contributed by atoms with Crippen LogP contribution in [0.3, 0.4) is 0 Å². The molecule has 0 unspecified atom stereocenters. The standard InChI is InChI=1S/C16H17ClN2O/c1-3-19(15-7-5-4-6-11(15)2)16(20)12-8-9-13(17)14(18)10-12/h4-10H,3,18H2,1-2H3. The van der Waals surface area contributed by atoms with E-state index in [1.807, 2.05) is 38.1 Å². The zero-order valence-corrected chi connectivity index (χ0v) is 12.3. The smallest absolute Gasteiger partial charge is 0.258 e. The second kappa shape index (κ2) is 5.97. The highest BCUT2D eigenvalue weighted by molar-refractivity contribution is 6.33. The zero-order chi connectivity index (χ0) is 14.7. The highest BCUT2D eigenvalue weighted by atomic mass is 35.5. The average molecular weight is 289 g/mol. The predicted octanol–water partition coefficient (Wildman–Crippen LogP) is 3.90. The first kappa shape index (κ1) is 14.4. The molecule has 0 saturated carbocycles. The Labute approximate surface area is 124 Å². The van der Waals surface area contributed by atoms with E-state index in [4.69, 9.17) is 17.3 Å². The first-order valence-corrected chi connectivity index (χ1v) is 6.85. The third-order valence-electron chi connectivity index (χ3n) is 3.21. The summed E-state index contributed by atoms with van der Waals surface area (Å²) in [6.07, 6.45) is 0. The number of nitrogen functional groups attached to an aromatic ring is 1. The maximum Gasteiger partial charge on any atom is 0.258 e. The van der Waals surface area contributed by atoms with Crippen LogP contribution >= 0.6 is 11.6 Å².